The number of nitrogens with one attached hydrogen (secondary N) is 3. The Morgan fingerprint density at radius 2 is 2.08 bits per heavy atom. The van der Waals surface area contributed by atoms with Gasteiger partial charge in [-0.15, -0.1) is 0 Å². The van der Waals surface area contributed by atoms with E-state index in [1.165, 1.54) is 0 Å². The van der Waals surface area contributed by atoms with Gasteiger partial charge in [-0.2, -0.15) is 4.98 Å². The van der Waals surface area contributed by atoms with Crippen molar-refractivity contribution >= 4 is 29.0 Å². The van der Waals surface area contributed by atoms with Crippen molar-refractivity contribution in [1.29, 1.82) is 0 Å². The molecule has 188 valence electrons. The Morgan fingerprint density at radius 1 is 1.28 bits per heavy atom. The number of rotatable bonds is 4. The third-order valence-electron chi connectivity index (χ3n) is 6.78. The van der Waals surface area contributed by atoms with Crippen molar-refractivity contribution < 1.29 is 19.7 Å². The molecule has 5 heterocycles. The normalized spacial score (nSPS) is 29.8. The van der Waals surface area contributed by atoms with E-state index in [9.17, 15) is 15.0 Å². The van der Waals surface area contributed by atoms with Crippen molar-refractivity contribution in [1.82, 2.24) is 30.1 Å². The van der Waals surface area contributed by atoms with Crippen LogP contribution in [0.15, 0.2) is 47.6 Å². The first-order chi connectivity index (χ1) is 17.4. The minimum atomic E-state index is -0.859. The summed E-state index contributed by atoms with van der Waals surface area (Å²) in [6, 6.07) is 11.2. The highest BCUT2D eigenvalue weighted by Crippen LogP contribution is 2.31. The first-order valence-corrected chi connectivity index (χ1v) is 11.7. The molecule has 3 aromatic rings. The average Bonchev–Trinajstić information content (AvgIpc) is 3.52. The predicted octanol–water partition coefficient (Wildman–Crippen LogP) is -1.16. The third kappa shape index (κ3) is 3.77. The van der Waals surface area contributed by atoms with E-state index in [0.717, 1.165) is 16.6 Å². The second-order valence-corrected chi connectivity index (χ2v) is 9.07. The summed E-state index contributed by atoms with van der Waals surface area (Å²) < 4.78 is 7.76. The number of aryl methyl sites for hydroxylation is 1. The molecule has 36 heavy (non-hydrogen) atoms. The van der Waals surface area contributed by atoms with Gasteiger partial charge in [-0.25, -0.2) is 9.98 Å². The molecular weight excluding hydrogens is 466 g/mol. The molecule has 3 aliphatic rings. The second-order valence-electron chi connectivity index (χ2n) is 9.07. The quantitative estimate of drug-likeness (QED) is 0.260. The molecule has 3 aliphatic heterocycles. The van der Waals surface area contributed by atoms with Gasteiger partial charge in [-0.3, -0.25) is 26.1 Å². The molecule has 13 heteroatoms. The topological polar surface area (TPSA) is 175 Å². The molecule has 13 nitrogen and oxygen atoms in total. The van der Waals surface area contributed by atoms with Crippen LogP contribution in [0.4, 0.5) is 5.95 Å². The number of nitrogens with zero attached hydrogens (tertiary/aromatic N) is 5. The number of guanidine groups is 1. The number of imidazole rings is 1. The molecular formula is C23H27N9O4. The summed E-state index contributed by atoms with van der Waals surface area (Å²) in [5.41, 5.74) is 9.33. The molecule has 0 spiro atoms. The molecule has 0 aliphatic carbocycles. The molecule has 6 rings (SSSR count). The zero-order valence-corrected chi connectivity index (χ0v) is 19.4. The van der Waals surface area contributed by atoms with Crippen LogP contribution >= 0.6 is 0 Å². The van der Waals surface area contributed by atoms with Gasteiger partial charge in [0.05, 0.1) is 18.2 Å². The van der Waals surface area contributed by atoms with Crippen LogP contribution in [-0.2, 0) is 16.6 Å². The summed E-state index contributed by atoms with van der Waals surface area (Å²) in [7, 11) is 1.86. The summed E-state index contributed by atoms with van der Waals surface area (Å²) in [5, 5.41) is 28.9. The number of fused-ring (bicyclic) bond motifs is 2. The highest BCUT2D eigenvalue weighted by Gasteiger charge is 2.50. The van der Waals surface area contributed by atoms with Gasteiger partial charge < -0.3 is 24.8 Å². The number of carbonyl (C=O) groups is 1. The van der Waals surface area contributed by atoms with Crippen molar-refractivity contribution in [3.05, 3.63) is 42.6 Å². The van der Waals surface area contributed by atoms with E-state index in [2.05, 4.69) is 30.9 Å². The van der Waals surface area contributed by atoms with Gasteiger partial charge in [0.1, 0.15) is 24.8 Å². The fourth-order valence-electron chi connectivity index (χ4n) is 4.92. The van der Waals surface area contributed by atoms with E-state index in [4.69, 9.17) is 10.5 Å². The molecule has 6 atom stereocenters. The monoisotopic (exact) mass is 493 g/mol. The summed E-state index contributed by atoms with van der Waals surface area (Å²) in [5.74, 6) is 0.468. The minimum Gasteiger partial charge on any atom is -0.394 e. The standard InChI is InChI=1S/C23H27N9O4/c1-31-13-7-12(11-5-3-2-4-6-11)9-25-18(13)27-22(31)30-23-26-17-19(28-21(24)29-20(17)35)32(23)16-8-14(34)15(10-33)36-16/h2-7,9,14-17,19,21,28,33-34H,8,10,24H2,1H3,(H,29,35)(H,25,26,27,30). The van der Waals surface area contributed by atoms with Crippen LogP contribution < -0.4 is 21.7 Å². The average molecular weight is 494 g/mol. The lowest BCUT2D eigenvalue weighted by molar-refractivity contribution is -0.129. The fraction of sp³-hybridized carbons (Fsp3) is 0.391. The van der Waals surface area contributed by atoms with E-state index < -0.39 is 36.9 Å². The van der Waals surface area contributed by atoms with E-state index in [1.54, 1.807) is 11.1 Å². The second kappa shape index (κ2) is 8.80. The van der Waals surface area contributed by atoms with Gasteiger partial charge in [0, 0.05) is 25.2 Å². The van der Waals surface area contributed by atoms with Gasteiger partial charge in [-0.05, 0) is 11.6 Å². The predicted molar refractivity (Wildman–Crippen MR) is 130 cm³/mol. The highest BCUT2D eigenvalue weighted by atomic mass is 16.5. The van der Waals surface area contributed by atoms with Crippen molar-refractivity contribution in [2.24, 2.45) is 17.8 Å². The molecule has 0 bridgehead atoms. The number of ether oxygens (including phenoxy) is 1. The van der Waals surface area contributed by atoms with E-state index in [1.807, 2.05) is 48.0 Å². The molecule has 0 saturated carbocycles. The van der Waals surface area contributed by atoms with Gasteiger partial charge in [-0.1, -0.05) is 30.3 Å². The maximum Gasteiger partial charge on any atom is 0.250 e. The number of aliphatic hydroxyl groups is 2. The summed E-state index contributed by atoms with van der Waals surface area (Å²) >= 11 is 0. The Bertz CT molecular complexity index is 1330. The lowest BCUT2D eigenvalue weighted by atomic mass is 10.1. The molecule has 2 fully saturated rings. The van der Waals surface area contributed by atoms with E-state index in [0.29, 0.717) is 17.6 Å². The largest absolute Gasteiger partial charge is 0.394 e. The Labute approximate surface area is 206 Å². The Balaban J connectivity index is 1.34. The maximum atomic E-state index is 12.7. The van der Waals surface area contributed by atoms with Gasteiger partial charge in [0.15, 0.2) is 11.7 Å². The van der Waals surface area contributed by atoms with Crippen LogP contribution in [0.2, 0.25) is 0 Å². The Kier molecular flexibility index (Phi) is 5.58. The molecule has 1 amide bonds. The molecule has 7 N–H and O–H groups in total. The number of aliphatic imine (C=N–C) groups is 1. The van der Waals surface area contributed by atoms with Gasteiger partial charge in [0.2, 0.25) is 11.9 Å². The first-order valence-electron chi connectivity index (χ1n) is 11.7. The third-order valence-corrected chi connectivity index (χ3v) is 6.78. The molecule has 1 aromatic carbocycles. The summed E-state index contributed by atoms with van der Waals surface area (Å²) in [6.45, 7) is -0.326. The van der Waals surface area contributed by atoms with Crippen molar-refractivity contribution in [2.45, 2.75) is 43.4 Å². The van der Waals surface area contributed by atoms with Crippen LogP contribution in [0, 0.1) is 0 Å². The number of nitrogens with two attached hydrogens (primary N) is 1. The number of aliphatic hydroxyl groups excluding tert-OH is 2. The van der Waals surface area contributed by atoms with Crippen LogP contribution in [0.5, 0.6) is 0 Å². The lowest BCUT2D eigenvalue weighted by Crippen LogP contribution is -2.70. The molecule has 2 saturated heterocycles. The van der Waals surface area contributed by atoms with Crippen LogP contribution in [0.25, 0.3) is 22.3 Å². The SMILES string of the molecule is Cn1c(NC2=NC3C(=O)NC(N)NC3N2C2CC(O)C(CO)O2)nc2ncc(-c3ccccc3)cc21. The van der Waals surface area contributed by atoms with Crippen LogP contribution in [0.1, 0.15) is 6.42 Å². The Hall–Kier alpha value is -3.62. The van der Waals surface area contributed by atoms with E-state index in [-0.39, 0.29) is 18.9 Å². The number of carbonyl (C=O) groups excluding carboxylic acids is 1. The lowest BCUT2D eigenvalue weighted by Gasteiger charge is -2.38. The maximum absolute atomic E-state index is 12.7. The van der Waals surface area contributed by atoms with Crippen LogP contribution in [-0.4, -0.2) is 85.1 Å². The number of anilines is 1. The van der Waals surface area contributed by atoms with Crippen molar-refractivity contribution in [3.63, 3.8) is 0 Å². The first kappa shape index (κ1) is 22.8. The molecule has 6 unspecified atom stereocenters. The van der Waals surface area contributed by atoms with Gasteiger partial charge >= 0.3 is 0 Å². The van der Waals surface area contributed by atoms with Crippen molar-refractivity contribution in [3.8, 4) is 11.1 Å². The van der Waals surface area contributed by atoms with Gasteiger partial charge in [0.25, 0.3) is 5.91 Å². The smallest absolute Gasteiger partial charge is 0.250 e. The van der Waals surface area contributed by atoms with E-state index >= 15 is 0 Å². The molecule has 2 aromatic heterocycles. The number of amides is 1. The summed E-state index contributed by atoms with van der Waals surface area (Å²) in [4.78, 5) is 28.2. The number of benzene rings is 1. The zero-order chi connectivity index (χ0) is 25.0. The van der Waals surface area contributed by atoms with Crippen molar-refractivity contribution in [2.75, 3.05) is 11.9 Å². The number of hydrogen-bond acceptors (Lipinski definition) is 11. The molecule has 0 radical (unpaired) electrons. The highest BCUT2D eigenvalue weighted by molar-refractivity contribution is 5.99. The zero-order valence-electron chi connectivity index (χ0n) is 19.4. The number of hydrogen-bond donors (Lipinski definition) is 6. The Morgan fingerprint density at radius 3 is 2.83 bits per heavy atom. The summed E-state index contributed by atoms with van der Waals surface area (Å²) in [6.07, 6.45) is -1.63. The number of aromatic nitrogens is 3. The van der Waals surface area contributed by atoms with Crippen LogP contribution in [0.3, 0.4) is 0 Å². The fourth-order valence-corrected chi connectivity index (χ4v) is 4.92. The number of pyridine rings is 1. The minimum absolute atomic E-state index is 0.220.